The molecule has 1 aliphatic heterocycles. The van der Waals surface area contributed by atoms with E-state index >= 15 is 0 Å². The van der Waals surface area contributed by atoms with Gasteiger partial charge in [0.15, 0.2) is 17.5 Å². The van der Waals surface area contributed by atoms with Crippen molar-refractivity contribution in [3.05, 3.63) is 65.7 Å². The van der Waals surface area contributed by atoms with Crippen LogP contribution in [0.25, 0.3) is 5.70 Å². The monoisotopic (exact) mass is 365 g/mol. The number of rotatable bonds is 4. The molecule has 0 bridgehead atoms. The highest BCUT2D eigenvalue weighted by Crippen LogP contribution is 2.28. The van der Waals surface area contributed by atoms with Crippen molar-refractivity contribution in [3.63, 3.8) is 0 Å². The maximum atomic E-state index is 14.2. The van der Waals surface area contributed by atoms with E-state index in [1.807, 2.05) is 4.90 Å². The summed E-state index contributed by atoms with van der Waals surface area (Å²) in [5.74, 6) is -4.50. The summed E-state index contributed by atoms with van der Waals surface area (Å²) < 4.78 is 53.9. The summed E-state index contributed by atoms with van der Waals surface area (Å²) in [6, 6.07) is 6.24. The molecule has 0 radical (unpaired) electrons. The zero-order valence-electron chi connectivity index (χ0n) is 14.0. The second kappa shape index (κ2) is 7.37. The first-order chi connectivity index (χ1) is 12.3. The molecule has 0 aliphatic carbocycles. The normalized spacial score (nSPS) is 15.2. The molecule has 138 valence electrons. The zero-order chi connectivity index (χ0) is 18.8. The van der Waals surface area contributed by atoms with Gasteiger partial charge in [0.1, 0.15) is 5.82 Å². The van der Waals surface area contributed by atoms with Crippen LogP contribution in [0, 0.1) is 23.3 Å². The zero-order valence-corrected chi connectivity index (χ0v) is 14.0. The lowest BCUT2D eigenvalue weighted by Crippen LogP contribution is -2.40. The van der Waals surface area contributed by atoms with E-state index in [1.165, 1.54) is 12.1 Å². The predicted octanol–water partition coefficient (Wildman–Crippen LogP) is 4.25. The van der Waals surface area contributed by atoms with E-state index in [-0.39, 0.29) is 17.5 Å². The summed E-state index contributed by atoms with van der Waals surface area (Å²) in [5.41, 5.74) is 7.19. The number of piperidine rings is 1. The molecule has 1 heterocycles. The molecule has 26 heavy (non-hydrogen) atoms. The van der Waals surface area contributed by atoms with E-state index in [9.17, 15) is 17.6 Å². The number of hydrogen-bond donors (Lipinski definition) is 2. The smallest absolute Gasteiger partial charge is 0.194 e. The van der Waals surface area contributed by atoms with Crippen LogP contribution in [0.4, 0.5) is 28.9 Å². The van der Waals surface area contributed by atoms with Crippen molar-refractivity contribution in [2.24, 2.45) is 5.73 Å². The van der Waals surface area contributed by atoms with Crippen LogP contribution in [0.5, 0.6) is 0 Å². The Morgan fingerprint density at radius 3 is 2.23 bits per heavy atom. The number of nitrogens with one attached hydrogen (secondary N) is 1. The van der Waals surface area contributed by atoms with Crippen molar-refractivity contribution in [2.45, 2.75) is 18.9 Å². The second-order valence-corrected chi connectivity index (χ2v) is 6.35. The Bertz CT molecular complexity index is 807. The van der Waals surface area contributed by atoms with Gasteiger partial charge in [-0.3, -0.25) is 0 Å². The van der Waals surface area contributed by atoms with Crippen molar-refractivity contribution < 1.29 is 17.6 Å². The molecule has 0 amide bonds. The third-order valence-corrected chi connectivity index (χ3v) is 4.45. The highest BCUT2D eigenvalue weighted by Gasteiger charge is 2.20. The third-order valence-electron chi connectivity index (χ3n) is 4.45. The molecular weight excluding hydrogens is 346 g/mol. The molecule has 0 aromatic heterocycles. The molecule has 0 saturated carbocycles. The molecule has 2 aromatic rings. The predicted molar refractivity (Wildman–Crippen MR) is 94.8 cm³/mol. The summed E-state index contributed by atoms with van der Waals surface area (Å²) in [6.45, 7) is 5.12. The largest absolute Gasteiger partial charge is 0.369 e. The molecule has 0 unspecified atom stereocenters. The summed E-state index contributed by atoms with van der Waals surface area (Å²) in [4.78, 5) is 1.91. The molecule has 7 heteroatoms. The SMILES string of the molecule is C=C(Nc1cc(F)c(F)c(F)c1)c1ccc(F)c(N2CCC(N)CC2)c1. The van der Waals surface area contributed by atoms with Crippen LogP contribution >= 0.6 is 0 Å². The average molecular weight is 365 g/mol. The molecule has 0 atom stereocenters. The summed E-state index contributed by atoms with van der Waals surface area (Å²) in [7, 11) is 0. The van der Waals surface area contributed by atoms with E-state index in [4.69, 9.17) is 5.73 Å². The Morgan fingerprint density at radius 2 is 1.62 bits per heavy atom. The Hall–Kier alpha value is -2.54. The van der Waals surface area contributed by atoms with Gasteiger partial charge in [-0.1, -0.05) is 6.58 Å². The maximum absolute atomic E-state index is 14.2. The summed E-state index contributed by atoms with van der Waals surface area (Å²) in [5, 5.41) is 2.72. The van der Waals surface area contributed by atoms with Crippen LogP contribution in [0.15, 0.2) is 36.9 Å². The van der Waals surface area contributed by atoms with E-state index in [2.05, 4.69) is 11.9 Å². The van der Waals surface area contributed by atoms with E-state index in [0.29, 0.717) is 30.0 Å². The highest BCUT2D eigenvalue weighted by atomic mass is 19.2. The Balaban J connectivity index is 1.81. The van der Waals surface area contributed by atoms with Gasteiger partial charge in [-0.25, -0.2) is 17.6 Å². The molecular formula is C19H19F4N3. The van der Waals surface area contributed by atoms with Crippen molar-refractivity contribution >= 4 is 17.1 Å². The Labute approximate surface area is 149 Å². The second-order valence-electron chi connectivity index (χ2n) is 6.35. The molecule has 1 aliphatic rings. The van der Waals surface area contributed by atoms with Crippen molar-refractivity contribution in [2.75, 3.05) is 23.3 Å². The van der Waals surface area contributed by atoms with E-state index in [1.54, 1.807) is 6.07 Å². The summed E-state index contributed by atoms with van der Waals surface area (Å²) >= 11 is 0. The Morgan fingerprint density at radius 1 is 1.00 bits per heavy atom. The van der Waals surface area contributed by atoms with Gasteiger partial charge in [-0.05, 0) is 36.6 Å². The van der Waals surface area contributed by atoms with Gasteiger partial charge in [-0.15, -0.1) is 0 Å². The fourth-order valence-electron chi connectivity index (χ4n) is 2.96. The van der Waals surface area contributed by atoms with Gasteiger partial charge in [0, 0.05) is 42.6 Å². The highest BCUT2D eigenvalue weighted by molar-refractivity contribution is 5.77. The van der Waals surface area contributed by atoms with Crippen LogP contribution in [-0.4, -0.2) is 19.1 Å². The fraction of sp³-hybridized carbons (Fsp3) is 0.263. The molecule has 3 N–H and O–H groups in total. The van der Waals surface area contributed by atoms with Gasteiger partial charge in [0.05, 0.1) is 5.69 Å². The van der Waals surface area contributed by atoms with Crippen LogP contribution in [0.3, 0.4) is 0 Å². The van der Waals surface area contributed by atoms with Crippen LogP contribution in [-0.2, 0) is 0 Å². The number of halogens is 4. The van der Waals surface area contributed by atoms with Gasteiger partial charge in [0.25, 0.3) is 0 Å². The lowest BCUT2D eigenvalue weighted by Gasteiger charge is -2.32. The summed E-state index contributed by atoms with van der Waals surface area (Å²) in [6.07, 6.45) is 1.55. The van der Waals surface area contributed by atoms with Crippen molar-refractivity contribution in [3.8, 4) is 0 Å². The van der Waals surface area contributed by atoms with Crippen LogP contribution < -0.4 is 16.0 Å². The minimum Gasteiger partial charge on any atom is -0.369 e. The van der Waals surface area contributed by atoms with Crippen LogP contribution in [0.2, 0.25) is 0 Å². The molecule has 3 nitrogen and oxygen atoms in total. The Kier molecular flexibility index (Phi) is 5.18. The fourth-order valence-corrected chi connectivity index (χ4v) is 2.96. The number of hydrogen-bond acceptors (Lipinski definition) is 3. The quantitative estimate of drug-likeness (QED) is 0.629. The maximum Gasteiger partial charge on any atom is 0.194 e. The van der Waals surface area contributed by atoms with E-state index in [0.717, 1.165) is 25.0 Å². The number of benzene rings is 2. The molecule has 3 rings (SSSR count). The molecule has 1 fully saturated rings. The minimum absolute atomic E-state index is 0.0150. The third kappa shape index (κ3) is 3.83. The van der Waals surface area contributed by atoms with Crippen LogP contribution in [0.1, 0.15) is 18.4 Å². The molecule has 0 spiro atoms. The van der Waals surface area contributed by atoms with Gasteiger partial charge < -0.3 is 16.0 Å². The minimum atomic E-state index is -1.53. The van der Waals surface area contributed by atoms with Crippen molar-refractivity contribution in [1.29, 1.82) is 0 Å². The topological polar surface area (TPSA) is 41.3 Å². The van der Waals surface area contributed by atoms with Gasteiger partial charge >= 0.3 is 0 Å². The van der Waals surface area contributed by atoms with E-state index < -0.39 is 17.5 Å². The molecule has 2 aromatic carbocycles. The average Bonchev–Trinajstić information content (AvgIpc) is 2.61. The lowest BCUT2D eigenvalue weighted by atomic mass is 10.0. The lowest BCUT2D eigenvalue weighted by molar-refractivity contribution is 0.448. The first-order valence-electron chi connectivity index (χ1n) is 8.26. The number of nitrogens with two attached hydrogens (primary N) is 1. The molecule has 1 saturated heterocycles. The van der Waals surface area contributed by atoms with Gasteiger partial charge in [-0.2, -0.15) is 0 Å². The first-order valence-corrected chi connectivity index (χ1v) is 8.26. The number of nitrogens with zero attached hydrogens (tertiary/aromatic N) is 1. The standard InChI is InChI=1S/C19H19F4N3/c1-11(25-14-9-16(21)19(23)17(22)10-14)12-2-3-15(20)18(8-12)26-6-4-13(24)5-7-26/h2-3,8-10,13,25H,1,4-7,24H2. The first kappa shape index (κ1) is 18.3. The van der Waals surface area contributed by atoms with Gasteiger partial charge in [0.2, 0.25) is 0 Å². The van der Waals surface area contributed by atoms with Crippen molar-refractivity contribution in [1.82, 2.24) is 0 Å². The number of anilines is 2.